The molecule has 2 nitrogen and oxygen atoms in total. The number of rotatable bonds is 6. The maximum absolute atomic E-state index is 9.20. The fourth-order valence-electron chi connectivity index (χ4n) is 1.98. The first kappa shape index (κ1) is 25.4. The van der Waals surface area contributed by atoms with E-state index in [1.165, 1.54) is 0 Å². The lowest BCUT2D eigenvalue weighted by molar-refractivity contribution is 0.421. The monoisotopic (exact) mass is 345 g/mol. The first-order valence-corrected chi connectivity index (χ1v) is 9.22. The molecule has 2 heteroatoms. The third kappa shape index (κ3) is 20.2. The van der Waals surface area contributed by atoms with Crippen LogP contribution in [0.25, 0.3) is 0 Å². The standard InChI is InChI=1S/C11H18O.C6H15N.C6H6/c1-5-7-11(10(4)12)8-9(3)6-2;1-5(2)7-6(3)4;1-2-4-6-5-3-1/h6,8,12H,4-5,7H2,1-3H3;5-7H,1-4H3;1-6H/b9-6-,11-8-;;. The second-order valence-electron chi connectivity index (χ2n) is 6.53. The molecule has 0 aliphatic rings. The van der Waals surface area contributed by atoms with Crippen molar-refractivity contribution in [2.45, 2.75) is 73.4 Å². The van der Waals surface area contributed by atoms with Gasteiger partial charge in [-0.15, -0.1) is 0 Å². The normalized spacial score (nSPS) is 11.4. The predicted molar refractivity (Wildman–Crippen MR) is 114 cm³/mol. The van der Waals surface area contributed by atoms with E-state index in [1.807, 2.05) is 62.4 Å². The average molecular weight is 346 g/mol. The van der Waals surface area contributed by atoms with Crippen molar-refractivity contribution >= 4 is 0 Å². The summed E-state index contributed by atoms with van der Waals surface area (Å²) in [5.41, 5.74) is 2.10. The molecule has 1 rings (SSSR count). The number of aliphatic hydroxyl groups is 1. The van der Waals surface area contributed by atoms with Gasteiger partial charge in [-0.25, -0.2) is 0 Å². The number of benzene rings is 1. The molecule has 1 aromatic rings. The Morgan fingerprint density at radius 3 is 1.60 bits per heavy atom. The molecule has 0 radical (unpaired) electrons. The second-order valence-corrected chi connectivity index (χ2v) is 6.53. The molecule has 0 aromatic heterocycles. The van der Waals surface area contributed by atoms with Gasteiger partial charge in [-0.3, -0.25) is 0 Å². The zero-order valence-corrected chi connectivity index (χ0v) is 17.3. The maximum atomic E-state index is 9.20. The Morgan fingerprint density at radius 2 is 1.40 bits per heavy atom. The largest absolute Gasteiger partial charge is 0.508 e. The maximum Gasteiger partial charge on any atom is 0.111 e. The molecular formula is C23H39NO. The van der Waals surface area contributed by atoms with Gasteiger partial charge in [0.25, 0.3) is 0 Å². The van der Waals surface area contributed by atoms with Crippen molar-refractivity contribution in [3.63, 3.8) is 0 Å². The smallest absolute Gasteiger partial charge is 0.111 e. The molecule has 2 N–H and O–H groups in total. The first-order chi connectivity index (χ1) is 11.7. The van der Waals surface area contributed by atoms with Crippen LogP contribution in [0.3, 0.4) is 0 Å². The molecule has 0 saturated heterocycles. The Labute approximate surface area is 156 Å². The fourth-order valence-corrected chi connectivity index (χ4v) is 1.98. The molecule has 25 heavy (non-hydrogen) atoms. The van der Waals surface area contributed by atoms with Crippen LogP contribution in [0.5, 0.6) is 0 Å². The SMILES string of the molecule is C=C(O)/C(=C\C(C)=C/C)CCC.CC(C)NC(C)C.c1ccccc1. The van der Waals surface area contributed by atoms with E-state index in [2.05, 4.69) is 46.5 Å². The summed E-state index contributed by atoms with van der Waals surface area (Å²) in [7, 11) is 0. The van der Waals surface area contributed by atoms with Crippen molar-refractivity contribution in [3.8, 4) is 0 Å². The first-order valence-electron chi connectivity index (χ1n) is 9.22. The van der Waals surface area contributed by atoms with Gasteiger partial charge in [0.2, 0.25) is 0 Å². The van der Waals surface area contributed by atoms with E-state index in [0.29, 0.717) is 12.1 Å². The average Bonchev–Trinajstić information content (AvgIpc) is 2.55. The highest BCUT2D eigenvalue weighted by atomic mass is 16.3. The van der Waals surface area contributed by atoms with Crippen LogP contribution in [0.1, 0.15) is 61.3 Å². The van der Waals surface area contributed by atoms with Gasteiger partial charge in [-0.1, -0.05) is 102 Å². The van der Waals surface area contributed by atoms with E-state index in [1.54, 1.807) is 0 Å². The minimum absolute atomic E-state index is 0.193. The number of hydrogen-bond donors (Lipinski definition) is 2. The molecule has 0 bridgehead atoms. The van der Waals surface area contributed by atoms with Crippen LogP contribution in [0.15, 0.2) is 72.0 Å². The van der Waals surface area contributed by atoms with Gasteiger partial charge in [0.05, 0.1) is 0 Å². The molecule has 0 aliphatic carbocycles. The van der Waals surface area contributed by atoms with Gasteiger partial charge >= 0.3 is 0 Å². The van der Waals surface area contributed by atoms with Gasteiger partial charge in [0.1, 0.15) is 5.76 Å². The molecule has 0 amide bonds. The lowest BCUT2D eigenvalue weighted by Gasteiger charge is -2.10. The minimum atomic E-state index is 0.193. The quantitative estimate of drug-likeness (QED) is 0.437. The molecule has 0 unspecified atom stereocenters. The van der Waals surface area contributed by atoms with Crippen molar-refractivity contribution in [3.05, 3.63) is 72.0 Å². The van der Waals surface area contributed by atoms with Crippen molar-refractivity contribution in [1.82, 2.24) is 5.32 Å². The molecule has 0 aliphatic heterocycles. The van der Waals surface area contributed by atoms with Crippen LogP contribution in [0.2, 0.25) is 0 Å². The lowest BCUT2D eigenvalue weighted by Crippen LogP contribution is -2.29. The highest BCUT2D eigenvalue weighted by molar-refractivity contribution is 5.30. The van der Waals surface area contributed by atoms with Crippen LogP contribution in [-0.2, 0) is 0 Å². The van der Waals surface area contributed by atoms with Crippen molar-refractivity contribution in [2.75, 3.05) is 0 Å². The summed E-state index contributed by atoms with van der Waals surface area (Å²) in [6.45, 7) is 18.2. The molecular weight excluding hydrogens is 306 g/mol. The van der Waals surface area contributed by atoms with E-state index in [-0.39, 0.29) is 5.76 Å². The van der Waals surface area contributed by atoms with E-state index in [9.17, 15) is 5.11 Å². The van der Waals surface area contributed by atoms with E-state index in [0.717, 1.165) is 24.0 Å². The van der Waals surface area contributed by atoms with Crippen LogP contribution < -0.4 is 5.32 Å². The Kier molecular flexibility index (Phi) is 17.3. The number of hydrogen-bond acceptors (Lipinski definition) is 2. The van der Waals surface area contributed by atoms with Gasteiger partial charge in [0.15, 0.2) is 0 Å². The summed E-state index contributed by atoms with van der Waals surface area (Å²) in [6.07, 6.45) is 5.91. The Morgan fingerprint density at radius 1 is 1.00 bits per heavy atom. The lowest BCUT2D eigenvalue weighted by atomic mass is 10.1. The summed E-state index contributed by atoms with van der Waals surface area (Å²) >= 11 is 0. The molecule has 0 heterocycles. The van der Waals surface area contributed by atoms with Gasteiger partial charge < -0.3 is 10.4 Å². The number of nitrogens with one attached hydrogen (secondary N) is 1. The molecule has 1 aromatic carbocycles. The van der Waals surface area contributed by atoms with E-state index >= 15 is 0 Å². The highest BCUT2D eigenvalue weighted by Crippen LogP contribution is 2.14. The predicted octanol–water partition coefficient (Wildman–Crippen LogP) is 6.83. The molecule has 0 fully saturated rings. The summed E-state index contributed by atoms with van der Waals surface area (Å²) in [5, 5.41) is 12.5. The third-order valence-electron chi connectivity index (χ3n) is 3.08. The fraction of sp³-hybridized carbons (Fsp3) is 0.478. The Bertz CT molecular complexity index is 451. The Hall–Kier alpha value is -1.80. The molecule has 142 valence electrons. The van der Waals surface area contributed by atoms with Crippen molar-refractivity contribution in [2.24, 2.45) is 0 Å². The summed E-state index contributed by atoms with van der Waals surface area (Å²) in [4.78, 5) is 0. The summed E-state index contributed by atoms with van der Waals surface area (Å²) < 4.78 is 0. The number of aliphatic hydroxyl groups excluding tert-OH is 1. The molecule has 0 spiro atoms. The third-order valence-corrected chi connectivity index (χ3v) is 3.08. The zero-order chi connectivity index (χ0) is 19.7. The van der Waals surface area contributed by atoms with Crippen LogP contribution in [-0.4, -0.2) is 17.2 Å². The van der Waals surface area contributed by atoms with Gasteiger partial charge in [-0.2, -0.15) is 0 Å². The van der Waals surface area contributed by atoms with Crippen molar-refractivity contribution < 1.29 is 5.11 Å². The summed E-state index contributed by atoms with van der Waals surface area (Å²) in [6, 6.07) is 13.2. The van der Waals surface area contributed by atoms with Gasteiger partial charge in [-0.05, 0) is 25.8 Å². The highest BCUT2D eigenvalue weighted by Gasteiger charge is 1.98. The minimum Gasteiger partial charge on any atom is -0.508 e. The zero-order valence-electron chi connectivity index (χ0n) is 17.3. The van der Waals surface area contributed by atoms with Gasteiger partial charge in [0, 0.05) is 12.1 Å². The van der Waals surface area contributed by atoms with Crippen LogP contribution >= 0.6 is 0 Å². The Balaban J connectivity index is 0. The van der Waals surface area contributed by atoms with Crippen LogP contribution in [0, 0.1) is 0 Å². The molecule has 0 saturated carbocycles. The van der Waals surface area contributed by atoms with E-state index in [4.69, 9.17) is 0 Å². The van der Waals surface area contributed by atoms with Crippen molar-refractivity contribution in [1.29, 1.82) is 0 Å². The van der Waals surface area contributed by atoms with Crippen LogP contribution in [0.4, 0.5) is 0 Å². The topological polar surface area (TPSA) is 32.3 Å². The number of allylic oxidation sites excluding steroid dienone is 4. The second kappa shape index (κ2) is 17.0. The van der Waals surface area contributed by atoms with E-state index < -0.39 is 0 Å². The summed E-state index contributed by atoms with van der Waals surface area (Å²) in [5.74, 6) is 0.193. The molecule has 0 atom stereocenters.